The molecule has 1 aromatic rings. The highest BCUT2D eigenvalue weighted by atomic mass is 35.5. The molecule has 6 nitrogen and oxygen atoms in total. The van der Waals surface area contributed by atoms with Gasteiger partial charge in [0, 0.05) is 11.8 Å². The number of hydrogen-bond acceptors (Lipinski definition) is 4. The zero-order valence-corrected chi connectivity index (χ0v) is 10.1. The Morgan fingerprint density at radius 3 is 2.65 bits per heavy atom. The zero-order chi connectivity index (χ0) is 13.0. The number of anilines is 1. The SMILES string of the molecule is CNC(C)C(=O)Nc1ccc([N+](=O)[O-])c(Cl)c1. The number of nitro benzene ring substituents is 1. The molecule has 0 aliphatic heterocycles. The van der Waals surface area contributed by atoms with E-state index in [9.17, 15) is 14.9 Å². The van der Waals surface area contributed by atoms with Crippen molar-refractivity contribution in [3.05, 3.63) is 33.3 Å². The molecule has 0 radical (unpaired) electrons. The van der Waals surface area contributed by atoms with Gasteiger partial charge in [0.2, 0.25) is 5.91 Å². The van der Waals surface area contributed by atoms with E-state index in [4.69, 9.17) is 11.6 Å². The average molecular weight is 258 g/mol. The maximum atomic E-state index is 11.5. The lowest BCUT2D eigenvalue weighted by molar-refractivity contribution is -0.384. The molecule has 0 heterocycles. The molecule has 0 aromatic heterocycles. The lowest BCUT2D eigenvalue weighted by Crippen LogP contribution is -2.35. The van der Waals surface area contributed by atoms with Gasteiger partial charge in [-0.2, -0.15) is 0 Å². The maximum Gasteiger partial charge on any atom is 0.288 e. The molecule has 0 saturated heterocycles. The Labute approximate surface area is 103 Å². The minimum absolute atomic E-state index is 0.00934. The van der Waals surface area contributed by atoms with E-state index in [0.29, 0.717) is 5.69 Å². The number of rotatable bonds is 4. The minimum atomic E-state index is -0.579. The summed E-state index contributed by atoms with van der Waals surface area (Å²) in [6.45, 7) is 1.70. The van der Waals surface area contributed by atoms with Crippen LogP contribution in [0.25, 0.3) is 0 Å². The highest BCUT2D eigenvalue weighted by Crippen LogP contribution is 2.27. The van der Waals surface area contributed by atoms with Gasteiger partial charge < -0.3 is 10.6 Å². The van der Waals surface area contributed by atoms with Gasteiger partial charge in [0.05, 0.1) is 11.0 Å². The molecule has 0 aliphatic rings. The highest BCUT2D eigenvalue weighted by Gasteiger charge is 2.14. The normalized spacial score (nSPS) is 11.9. The molecule has 2 N–H and O–H groups in total. The van der Waals surface area contributed by atoms with E-state index in [1.165, 1.54) is 18.2 Å². The van der Waals surface area contributed by atoms with Crippen molar-refractivity contribution >= 4 is 28.9 Å². The minimum Gasteiger partial charge on any atom is -0.325 e. The van der Waals surface area contributed by atoms with Gasteiger partial charge >= 0.3 is 0 Å². The molecule has 1 rings (SSSR count). The Bertz CT molecular complexity index is 450. The second kappa shape index (κ2) is 5.60. The van der Waals surface area contributed by atoms with Gasteiger partial charge in [-0.05, 0) is 26.1 Å². The van der Waals surface area contributed by atoms with Crippen molar-refractivity contribution in [2.45, 2.75) is 13.0 Å². The molecule has 0 aliphatic carbocycles. The molecule has 0 fully saturated rings. The van der Waals surface area contributed by atoms with Crippen LogP contribution in [0.4, 0.5) is 11.4 Å². The van der Waals surface area contributed by atoms with E-state index in [1.54, 1.807) is 14.0 Å². The van der Waals surface area contributed by atoms with Gasteiger partial charge in [-0.25, -0.2) is 0 Å². The molecule has 7 heteroatoms. The second-order valence-corrected chi connectivity index (χ2v) is 3.83. The van der Waals surface area contributed by atoms with Crippen LogP contribution in [0.5, 0.6) is 0 Å². The third-order valence-electron chi connectivity index (χ3n) is 2.24. The first-order valence-corrected chi connectivity index (χ1v) is 5.25. The first-order valence-electron chi connectivity index (χ1n) is 4.87. The molecule has 1 aromatic carbocycles. The van der Waals surface area contributed by atoms with Crippen LogP contribution in [0.15, 0.2) is 18.2 Å². The number of halogens is 1. The number of hydrogen-bond donors (Lipinski definition) is 2. The molecule has 1 amide bonds. The van der Waals surface area contributed by atoms with Crippen LogP contribution in [0, 0.1) is 10.1 Å². The van der Waals surface area contributed by atoms with Crippen molar-refractivity contribution in [1.29, 1.82) is 0 Å². The van der Waals surface area contributed by atoms with Gasteiger partial charge in [-0.3, -0.25) is 14.9 Å². The number of nitrogens with one attached hydrogen (secondary N) is 2. The number of carbonyl (C=O) groups is 1. The lowest BCUT2D eigenvalue weighted by Gasteiger charge is -2.11. The van der Waals surface area contributed by atoms with Crippen molar-refractivity contribution < 1.29 is 9.72 Å². The quantitative estimate of drug-likeness (QED) is 0.636. The predicted octanol–water partition coefficient (Wildman–Crippen LogP) is 1.79. The Kier molecular flexibility index (Phi) is 4.42. The van der Waals surface area contributed by atoms with Crippen LogP contribution >= 0.6 is 11.6 Å². The Morgan fingerprint density at radius 2 is 2.18 bits per heavy atom. The molecule has 0 saturated carbocycles. The summed E-state index contributed by atoms with van der Waals surface area (Å²) in [6.07, 6.45) is 0. The van der Waals surface area contributed by atoms with Crippen LogP contribution in [0.1, 0.15) is 6.92 Å². The molecule has 0 spiro atoms. The van der Waals surface area contributed by atoms with Gasteiger partial charge in [0.1, 0.15) is 5.02 Å². The Morgan fingerprint density at radius 1 is 1.53 bits per heavy atom. The fourth-order valence-corrected chi connectivity index (χ4v) is 1.36. The van der Waals surface area contributed by atoms with Crippen molar-refractivity contribution in [3.63, 3.8) is 0 Å². The standard InChI is InChI=1S/C10H12ClN3O3/c1-6(12-2)10(15)13-7-3-4-9(14(16)17)8(11)5-7/h3-6,12H,1-2H3,(H,13,15). The topological polar surface area (TPSA) is 84.3 Å². The monoisotopic (exact) mass is 257 g/mol. The Hall–Kier alpha value is -1.66. The van der Waals surface area contributed by atoms with Crippen LogP contribution in [0.3, 0.4) is 0 Å². The first-order chi connectivity index (χ1) is 7.95. The van der Waals surface area contributed by atoms with E-state index in [2.05, 4.69) is 10.6 Å². The summed E-state index contributed by atoms with van der Waals surface area (Å²) in [4.78, 5) is 21.5. The van der Waals surface area contributed by atoms with Crippen LogP contribution < -0.4 is 10.6 Å². The van der Waals surface area contributed by atoms with Gasteiger partial charge in [0.25, 0.3) is 5.69 Å². The Balaban J connectivity index is 2.84. The molecule has 1 atom stereocenters. The number of nitro groups is 1. The van der Waals surface area contributed by atoms with Gasteiger partial charge in [-0.15, -0.1) is 0 Å². The van der Waals surface area contributed by atoms with Crippen molar-refractivity contribution in [3.8, 4) is 0 Å². The average Bonchev–Trinajstić information content (AvgIpc) is 2.27. The fraction of sp³-hybridized carbons (Fsp3) is 0.300. The summed E-state index contributed by atoms with van der Waals surface area (Å²) in [5, 5.41) is 15.9. The molecule has 17 heavy (non-hydrogen) atoms. The third-order valence-corrected chi connectivity index (χ3v) is 2.54. The lowest BCUT2D eigenvalue weighted by atomic mass is 10.2. The second-order valence-electron chi connectivity index (χ2n) is 3.42. The van der Waals surface area contributed by atoms with Crippen LogP contribution in [-0.2, 0) is 4.79 Å². The number of carbonyl (C=O) groups excluding carboxylic acids is 1. The number of benzene rings is 1. The summed E-state index contributed by atoms with van der Waals surface area (Å²) < 4.78 is 0. The zero-order valence-electron chi connectivity index (χ0n) is 9.36. The largest absolute Gasteiger partial charge is 0.325 e. The van der Waals surface area contributed by atoms with Crippen molar-refractivity contribution in [2.75, 3.05) is 12.4 Å². The predicted molar refractivity (Wildman–Crippen MR) is 65.3 cm³/mol. The van der Waals surface area contributed by atoms with E-state index in [0.717, 1.165) is 0 Å². The van der Waals surface area contributed by atoms with Crippen molar-refractivity contribution in [2.24, 2.45) is 0 Å². The summed E-state index contributed by atoms with van der Waals surface area (Å²) in [7, 11) is 1.66. The molecular formula is C10H12ClN3O3. The molecule has 92 valence electrons. The summed E-state index contributed by atoms with van der Waals surface area (Å²) in [5.41, 5.74) is 0.235. The molecular weight excluding hydrogens is 246 g/mol. The third kappa shape index (κ3) is 3.40. The summed E-state index contributed by atoms with van der Waals surface area (Å²) in [6, 6.07) is 3.68. The highest BCUT2D eigenvalue weighted by molar-refractivity contribution is 6.33. The van der Waals surface area contributed by atoms with Gasteiger partial charge in [-0.1, -0.05) is 11.6 Å². The number of nitrogens with zero attached hydrogens (tertiary/aromatic N) is 1. The van der Waals surface area contributed by atoms with E-state index in [-0.39, 0.29) is 22.7 Å². The smallest absolute Gasteiger partial charge is 0.288 e. The van der Waals surface area contributed by atoms with Crippen molar-refractivity contribution in [1.82, 2.24) is 5.32 Å². The molecule has 1 unspecified atom stereocenters. The first kappa shape index (κ1) is 13.4. The number of likely N-dealkylation sites (N-methyl/N-ethyl adjacent to an activating group) is 1. The van der Waals surface area contributed by atoms with Crippen LogP contribution in [0.2, 0.25) is 5.02 Å². The van der Waals surface area contributed by atoms with E-state index >= 15 is 0 Å². The van der Waals surface area contributed by atoms with Crippen LogP contribution in [-0.4, -0.2) is 23.9 Å². The van der Waals surface area contributed by atoms with E-state index < -0.39 is 4.92 Å². The maximum absolute atomic E-state index is 11.5. The summed E-state index contributed by atoms with van der Waals surface area (Å²) >= 11 is 5.71. The number of amides is 1. The summed E-state index contributed by atoms with van der Waals surface area (Å²) in [5.74, 6) is -0.239. The van der Waals surface area contributed by atoms with Gasteiger partial charge in [0.15, 0.2) is 0 Å². The fourth-order valence-electron chi connectivity index (χ4n) is 1.11. The molecule has 0 bridgehead atoms. The van der Waals surface area contributed by atoms with E-state index in [1.807, 2.05) is 0 Å².